The monoisotopic (exact) mass is 373 g/mol. The van der Waals surface area contributed by atoms with Crippen LogP contribution in [-0.4, -0.2) is 39.8 Å². The third-order valence-electron chi connectivity index (χ3n) is 3.87. The average Bonchev–Trinajstić information content (AvgIpc) is 2.70. The third-order valence-corrected chi connectivity index (χ3v) is 3.87. The molecule has 2 aromatic rings. The topological polar surface area (TPSA) is 83.1 Å². The zero-order chi connectivity index (χ0) is 19.8. The van der Waals surface area contributed by atoms with Crippen LogP contribution in [0.4, 0.5) is 0 Å². The Bertz CT molecular complexity index is 801. The van der Waals surface area contributed by atoms with Crippen molar-refractivity contribution in [3.63, 3.8) is 0 Å². The minimum absolute atomic E-state index is 0.140. The van der Waals surface area contributed by atoms with Gasteiger partial charge in [0.2, 0.25) is 0 Å². The van der Waals surface area contributed by atoms with Crippen LogP contribution in [0.3, 0.4) is 0 Å². The number of aryl methyl sites for hydroxylation is 1. The van der Waals surface area contributed by atoms with Crippen molar-refractivity contribution in [3.8, 4) is 17.2 Å². The first-order valence-corrected chi connectivity index (χ1v) is 8.27. The Morgan fingerprint density at radius 3 is 2.07 bits per heavy atom. The van der Waals surface area contributed by atoms with Gasteiger partial charge in [-0.05, 0) is 12.5 Å². The molecule has 0 unspecified atom stereocenters. The molecule has 0 spiro atoms. The molecule has 1 N–H and O–H groups in total. The van der Waals surface area contributed by atoms with Crippen LogP contribution < -0.4 is 19.5 Å². The SMILES string of the molecule is COc1cc(OC)c(C(=O)OCC(=O)NCc2ccc(C)cc2)cc1OC. The Hall–Kier alpha value is -3.22. The van der Waals surface area contributed by atoms with Crippen LogP contribution in [0.1, 0.15) is 21.5 Å². The largest absolute Gasteiger partial charge is 0.496 e. The molecule has 0 saturated carbocycles. The van der Waals surface area contributed by atoms with E-state index in [9.17, 15) is 9.59 Å². The van der Waals surface area contributed by atoms with Crippen molar-refractivity contribution in [1.29, 1.82) is 0 Å². The van der Waals surface area contributed by atoms with Crippen LogP contribution in [0.5, 0.6) is 17.2 Å². The summed E-state index contributed by atoms with van der Waals surface area (Å²) in [5.41, 5.74) is 2.24. The summed E-state index contributed by atoms with van der Waals surface area (Å²) >= 11 is 0. The number of carbonyl (C=O) groups excluding carboxylic acids is 2. The van der Waals surface area contributed by atoms with Crippen molar-refractivity contribution >= 4 is 11.9 Å². The summed E-state index contributed by atoms with van der Waals surface area (Å²) in [5.74, 6) is -0.0600. The Balaban J connectivity index is 1.96. The van der Waals surface area contributed by atoms with Gasteiger partial charge in [0.25, 0.3) is 5.91 Å². The van der Waals surface area contributed by atoms with Gasteiger partial charge in [0.1, 0.15) is 11.3 Å². The number of amides is 1. The molecule has 2 rings (SSSR count). The highest BCUT2D eigenvalue weighted by molar-refractivity contribution is 5.95. The van der Waals surface area contributed by atoms with E-state index in [1.807, 2.05) is 31.2 Å². The standard InChI is InChI=1S/C20H23NO6/c1-13-5-7-14(8-6-13)11-21-19(22)12-27-20(23)15-9-17(25-3)18(26-4)10-16(15)24-2/h5-10H,11-12H2,1-4H3,(H,21,22). The highest BCUT2D eigenvalue weighted by atomic mass is 16.5. The fraction of sp³-hybridized carbons (Fsp3) is 0.300. The molecule has 0 aromatic heterocycles. The molecule has 1 amide bonds. The number of methoxy groups -OCH3 is 3. The number of hydrogen-bond donors (Lipinski definition) is 1. The Morgan fingerprint density at radius 2 is 1.48 bits per heavy atom. The molecule has 0 aliphatic carbocycles. The van der Waals surface area contributed by atoms with Gasteiger partial charge in [0, 0.05) is 18.7 Å². The van der Waals surface area contributed by atoms with Crippen molar-refractivity contribution in [2.45, 2.75) is 13.5 Å². The molecular weight excluding hydrogens is 350 g/mol. The lowest BCUT2D eigenvalue weighted by Gasteiger charge is -2.13. The summed E-state index contributed by atoms with van der Waals surface area (Å²) in [7, 11) is 4.36. The van der Waals surface area contributed by atoms with Crippen molar-refractivity contribution in [3.05, 3.63) is 53.1 Å². The van der Waals surface area contributed by atoms with E-state index in [0.717, 1.165) is 11.1 Å². The number of carbonyl (C=O) groups is 2. The van der Waals surface area contributed by atoms with E-state index in [-0.39, 0.29) is 11.3 Å². The van der Waals surface area contributed by atoms with Crippen molar-refractivity contribution < 1.29 is 28.5 Å². The minimum atomic E-state index is -0.696. The summed E-state index contributed by atoms with van der Waals surface area (Å²) in [6.45, 7) is 1.95. The van der Waals surface area contributed by atoms with Gasteiger partial charge in [0.15, 0.2) is 18.1 Å². The minimum Gasteiger partial charge on any atom is -0.496 e. The molecule has 0 saturated heterocycles. The number of rotatable bonds is 8. The highest BCUT2D eigenvalue weighted by Gasteiger charge is 2.19. The lowest BCUT2D eigenvalue weighted by Crippen LogP contribution is -2.28. The quantitative estimate of drug-likeness (QED) is 0.716. The maximum Gasteiger partial charge on any atom is 0.342 e. The van der Waals surface area contributed by atoms with E-state index in [4.69, 9.17) is 18.9 Å². The van der Waals surface area contributed by atoms with Crippen molar-refractivity contribution in [2.75, 3.05) is 27.9 Å². The summed E-state index contributed by atoms with van der Waals surface area (Å²) in [5, 5.41) is 2.70. The lowest BCUT2D eigenvalue weighted by atomic mass is 10.1. The maximum atomic E-state index is 12.3. The second-order valence-corrected chi connectivity index (χ2v) is 5.75. The number of ether oxygens (including phenoxy) is 4. The summed E-state index contributed by atoms with van der Waals surface area (Å²) in [6, 6.07) is 10.7. The van der Waals surface area contributed by atoms with Gasteiger partial charge in [-0.25, -0.2) is 4.79 Å². The van der Waals surface area contributed by atoms with Gasteiger partial charge >= 0.3 is 5.97 Å². The smallest absolute Gasteiger partial charge is 0.342 e. The number of benzene rings is 2. The molecule has 2 aromatic carbocycles. The number of nitrogens with one attached hydrogen (secondary N) is 1. The van der Waals surface area contributed by atoms with Crippen LogP contribution >= 0.6 is 0 Å². The van der Waals surface area contributed by atoms with E-state index in [2.05, 4.69) is 5.32 Å². The zero-order valence-electron chi connectivity index (χ0n) is 15.8. The van der Waals surface area contributed by atoms with Gasteiger partial charge < -0.3 is 24.3 Å². The molecule has 0 radical (unpaired) electrons. The predicted octanol–water partition coefficient (Wildman–Crippen LogP) is 2.49. The van der Waals surface area contributed by atoms with Gasteiger partial charge in [-0.2, -0.15) is 0 Å². The Labute approximate surface area is 158 Å². The first kappa shape index (κ1) is 20.1. The van der Waals surface area contributed by atoms with E-state index in [1.54, 1.807) is 0 Å². The summed E-state index contributed by atoms with van der Waals surface area (Å²) < 4.78 is 20.6. The molecule has 7 heteroatoms. The third kappa shape index (κ3) is 5.37. The van der Waals surface area contributed by atoms with Crippen LogP contribution in [0.2, 0.25) is 0 Å². The highest BCUT2D eigenvalue weighted by Crippen LogP contribution is 2.34. The fourth-order valence-electron chi connectivity index (χ4n) is 2.36. The first-order chi connectivity index (χ1) is 13.0. The zero-order valence-corrected chi connectivity index (χ0v) is 15.8. The Morgan fingerprint density at radius 1 is 0.889 bits per heavy atom. The van der Waals surface area contributed by atoms with Crippen LogP contribution in [0.25, 0.3) is 0 Å². The maximum absolute atomic E-state index is 12.3. The number of hydrogen-bond acceptors (Lipinski definition) is 6. The van der Waals surface area contributed by atoms with Crippen molar-refractivity contribution in [1.82, 2.24) is 5.32 Å². The lowest BCUT2D eigenvalue weighted by molar-refractivity contribution is -0.124. The normalized spacial score (nSPS) is 10.1. The van der Waals surface area contributed by atoms with Gasteiger partial charge in [-0.3, -0.25) is 4.79 Å². The molecule has 0 bridgehead atoms. The van der Waals surface area contributed by atoms with Gasteiger partial charge in [-0.1, -0.05) is 29.8 Å². The summed E-state index contributed by atoms with van der Waals surface area (Å²) in [4.78, 5) is 24.3. The summed E-state index contributed by atoms with van der Waals surface area (Å²) in [6.07, 6.45) is 0. The van der Waals surface area contributed by atoms with E-state index < -0.39 is 18.5 Å². The molecule has 0 atom stereocenters. The van der Waals surface area contributed by atoms with Gasteiger partial charge in [-0.15, -0.1) is 0 Å². The molecule has 0 aliphatic rings. The molecule has 0 heterocycles. The van der Waals surface area contributed by atoms with E-state index >= 15 is 0 Å². The van der Waals surface area contributed by atoms with E-state index in [0.29, 0.717) is 18.0 Å². The first-order valence-electron chi connectivity index (χ1n) is 8.27. The number of esters is 1. The fourth-order valence-corrected chi connectivity index (χ4v) is 2.36. The second kappa shape index (κ2) is 9.47. The molecule has 27 heavy (non-hydrogen) atoms. The molecule has 7 nitrogen and oxygen atoms in total. The van der Waals surface area contributed by atoms with E-state index in [1.165, 1.54) is 33.5 Å². The van der Waals surface area contributed by atoms with Crippen LogP contribution in [0, 0.1) is 6.92 Å². The second-order valence-electron chi connectivity index (χ2n) is 5.75. The van der Waals surface area contributed by atoms with Crippen LogP contribution in [-0.2, 0) is 16.1 Å². The molecule has 0 aliphatic heterocycles. The average molecular weight is 373 g/mol. The Kier molecular flexibility index (Phi) is 7.05. The van der Waals surface area contributed by atoms with Crippen LogP contribution in [0.15, 0.2) is 36.4 Å². The van der Waals surface area contributed by atoms with Crippen molar-refractivity contribution in [2.24, 2.45) is 0 Å². The predicted molar refractivity (Wildman–Crippen MR) is 99.4 cm³/mol. The van der Waals surface area contributed by atoms with Gasteiger partial charge in [0.05, 0.1) is 21.3 Å². The molecule has 144 valence electrons. The molecule has 0 fully saturated rings. The molecular formula is C20H23NO6.